The van der Waals surface area contributed by atoms with E-state index in [0.29, 0.717) is 19.7 Å². The highest BCUT2D eigenvalue weighted by Gasteiger charge is 2.06. The smallest absolute Gasteiger partial charge is 0.191 e. The molecule has 0 bridgehead atoms. The van der Waals surface area contributed by atoms with Crippen LogP contribution in [0.2, 0.25) is 0 Å². The minimum Gasteiger partial charge on any atom is -0.494 e. The molecule has 7 heteroatoms. The largest absolute Gasteiger partial charge is 0.494 e. The Balaban J connectivity index is 1.69. The van der Waals surface area contributed by atoms with Crippen LogP contribution in [-0.4, -0.2) is 33.9 Å². The van der Waals surface area contributed by atoms with E-state index in [0.717, 1.165) is 35.2 Å². The standard InChI is InChI=1S/C22H28N6O/c1-4-23-22(26-16-19-8-7-17(3)13-20(19)29-5-2)25-15-18-9-11-24-21(14-18)28-12-6-10-27-28/h6-14H,4-5,15-16H2,1-3H3,(H2,23,25,26). The van der Waals surface area contributed by atoms with Gasteiger partial charge in [-0.2, -0.15) is 5.10 Å². The predicted molar refractivity (Wildman–Crippen MR) is 115 cm³/mol. The summed E-state index contributed by atoms with van der Waals surface area (Å²) in [7, 11) is 0. The van der Waals surface area contributed by atoms with Gasteiger partial charge in [0.05, 0.1) is 13.2 Å². The first kappa shape index (κ1) is 20.4. The van der Waals surface area contributed by atoms with Crippen LogP contribution in [0.5, 0.6) is 5.75 Å². The Labute approximate surface area is 171 Å². The molecular weight excluding hydrogens is 364 g/mol. The number of aromatic nitrogens is 3. The normalized spacial score (nSPS) is 11.3. The maximum absolute atomic E-state index is 5.77. The monoisotopic (exact) mass is 392 g/mol. The van der Waals surface area contributed by atoms with Crippen LogP contribution in [0.3, 0.4) is 0 Å². The van der Waals surface area contributed by atoms with Crippen molar-refractivity contribution in [3.05, 3.63) is 71.7 Å². The molecule has 0 aliphatic rings. The number of nitrogens with zero attached hydrogens (tertiary/aromatic N) is 4. The summed E-state index contributed by atoms with van der Waals surface area (Å²) in [5.74, 6) is 2.45. The molecule has 0 fully saturated rings. The SMILES string of the molecule is CCNC(=NCc1ccnc(-n2cccn2)c1)NCc1ccc(C)cc1OCC. The van der Waals surface area contributed by atoms with E-state index in [1.54, 1.807) is 17.1 Å². The van der Waals surface area contributed by atoms with Gasteiger partial charge in [0.1, 0.15) is 5.75 Å². The van der Waals surface area contributed by atoms with Gasteiger partial charge in [-0.25, -0.2) is 14.7 Å². The maximum atomic E-state index is 5.77. The van der Waals surface area contributed by atoms with Crippen LogP contribution in [0.25, 0.3) is 5.82 Å². The van der Waals surface area contributed by atoms with Gasteiger partial charge < -0.3 is 15.4 Å². The molecule has 0 amide bonds. The van der Waals surface area contributed by atoms with Crippen molar-refractivity contribution in [1.29, 1.82) is 0 Å². The molecule has 29 heavy (non-hydrogen) atoms. The molecule has 0 aliphatic heterocycles. The van der Waals surface area contributed by atoms with E-state index in [1.165, 1.54) is 5.56 Å². The molecule has 3 rings (SSSR count). The Morgan fingerprint density at radius 3 is 2.79 bits per heavy atom. The molecule has 1 aromatic carbocycles. The summed E-state index contributed by atoms with van der Waals surface area (Å²) in [6.45, 7) is 8.72. The van der Waals surface area contributed by atoms with Gasteiger partial charge in [-0.1, -0.05) is 12.1 Å². The minimum atomic E-state index is 0.540. The van der Waals surface area contributed by atoms with Gasteiger partial charge >= 0.3 is 0 Å². The summed E-state index contributed by atoms with van der Waals surface area (Å²) in [6, 6.07) is 12.1. The highest BCUT2D eigenvalue weighted by molar-refractivity contribution is 5.79. The van der Waals surface area contributed by atoms with E-state index in [4.69, 9.17) is 9.73 Å². The van der Waals surface area contributed by atoms with Crippen LogP contribution in [0.1, 0.15) is 30.5 Å². The number of aliphatic imine (C=N–C) groups is 1. The molecular formula is C22H28N6O. The van der Waals surface area contributed by atoms with Gasteiger partial charge in [0.2, 0.25) is 0 Å². The van der Waals surface area contributed by atoms with Crippen molar-refractivity contribution in [2.45, 2.75) is 33.9 Å². The lowest BCUT2D eigenvalue weighted by Gasteiger charge is -2.15. The number of aryl methyl sites for hydroxylation is 1. The highest BCUT2D eigenvalue weighted by atomic mass is 16.5. The van der Waals surface area contributed by atoms with Crippen molar-refractivity contribution < 1.29 is 4.74 Å². The van der Waals surface area contributed by atoms with E-state index < -0.39 is 0 Å². The fourth-order valence-corrected chi connectivity index (χ4v) is 2.88. The summed E-state index contributed by atoms with van der Waals surface area (Å²) < 4.78 is 7.51. The Morgan fingerprint density at radius 2 is 2.03 bits per heavy atom. The van der Waals surface area contributed by atoms with E-state index in [-0.39, 0.29) is 0 Å². The van der Waals surface area contributed by atoms with Gasteiger partial charge in [0.25, 0.3) is 0 Å². The zero-order chi connectivity index (χ0) is 20.5. The topological polar surface area (TPSA) is 76.4 Å². The van der Waals surface area contributed by atoms with E-state index in [9.17, 15) is 0 Å². The quantitative estimate of drug-likeness (QED) is 0.455. The summed E-state index contributed by atoms with van der Waals surface area (Å²) in [5.41, 5.74) is 3.35. The van der Waals surface area contributed by atoms with Gasteiger partial charge in [0.15, 0.2) is 11.8 Å². The molecule has 2 aromatic heterocycles. The van der Waals surface area contributed by atoms with Crippen LogP contribution in [0, 0.1) is 6.92 Å². The van der Waals surface area contributed by atoms with Crippen LogP contribution in [-0.2, 0) is 13.1 Å². The van der Waals surface area contributed by atoms with Crippen LogP contribution in [0.15, 0.2) is 60.0 Å². The highest BCUT2D eigenvalue weighted by Crippen LogP contribution is 2.20. The van der Waals surface area contributed by atoms with Crippen LogP contribution >= 0.6 is 0 Å². The van der Waals surface area contributed by atoms with Crippen molar-refractivity contribution >= 4 is 5.96 Å². The fraction of sp³-hybridized carbons (Fsp3) is 0.318. The summed E-state index contributed by atoms with van der Waals surface area (Å²) in [4.78, 5) is 9.07. The number of guanidine groups is 1. The fourth-order valence-electron chi connectivity index (χ4n) is 2.88. The van der Waals surface area contributed by atoms with Gasteiger partial charge in [-0.15, -0.1) is 0 Å². The second-order valence-corrected chi connectivity index (χ2v) is 6.57. The molecule has 0 aliphatic carbocycles. The number of ether oxygens (including phenoxy) is 1. The van der Waals surface area contributed by atoms with Crippen molar-refractivity contribution in [3.63, 3.8) is 0 Å². The van der Waals surface area contributed by atoms with E-state index in [1.807, 2.05) is 31.3 Å². The molecule has 3 aromatic rings. The lowest BCUT2D eigenvalue weighted by atomic mass is 10.1. The van der Waals surface area contributed by atoms with Crippen LogP contribution in [0.4, 0.5) is 0 Å². The number of pyridine rings is 1. The molecule has 0 radical (unpaired) electrons. The Bertz CT molecular complexity index is 936. The third-order valence-electron chi connectivity index (χ3n) is 4.28. The first-order valence-electron chi connectivity index (χ1n) is 9.89. The lowest BCUT2D eigenvalue weighted by Crippen LogP contribution is -2.36. The second kappa shape index (κ2) is 10.3. The summed E-state index contributed by atoms with van der Waals surface area (Å²) in [6.07, 6.45) is 5.39. The Hall–Kier alpha value is -3.35. The molecule has 2 heterocycles. The molecule has 0 spiro atoms. The molecule has 0 saturated heterocycles. The molecule has 2 N–H and O–H groups in total. The minimum absolute atomic E-state index is 0.540. The first-order chi connectivity index (χ1) is 14.2. The predicted octanol–water partition coefficient (Wildman–Crippen LogP) is 3.23. The second-order valence-electron chi connectivity index (χ2n) is 6.57. The lowest BCUT2D eigenvalue weighted by molar-refractivity contribution is 0.336. The summed E-state index contributed by atoms with van der Waals surface area (Å²) >= 11 is 0. The first-order valence-corrected chi connectivity index (χ1v) is 9.89. The van der Waals surface area contributed by atoms with Crippen molar-refractivity contribution in [2.24, 2.45) is 4.99 Å². The van der Waals surface area contributed by atoms with Crippen molar-refractivity contribution in [3.8, 4) is 11.6 Å². The third-order valence-corrected chi connectivity index (χ3v) is 4.28. The van der Waals surface area contributed by atoms with Crippen LogP contribution < -0.4 is 15.4 Å². The third kappa shape index (κ3) is 5.81. The summed E-state index contributed by atoms with van der Waals surface area (Å²) in [5, 5.41) is 10.9. The molecule has 0 unspecified atom stereocenters. The Morgan fingerprint density at radius 1 is 1.14 bits per heavy atom. The van der Waals surface area contributed by atoms with Gasteiger partial charge in [0, 0.05) is 37.2 Å². The van der Waals surface area contributed by atoms with E-state index >= 15 is 0 Å². The van der Waals surface area contributed by atoms with Crippen molar-refractivity contribution in [2.75, 3.05) is 13.2 Å². The van der Waals surface area contributed by atoms with Crippen molar-refractivity contribution in [1.82, 2.24) is 25.4 Å². The number of benzene rings is 1. The molecule has 0 atom stereocenters. The number of hydrogen-bond acceptors (Lipinski definition) is 4. The molecule has 0 saturated carbocycles. The molecule has 152 valence electrons. The Kier molecular flexibility index (Phi) is 7.22. The number of hydrogen-bond donors (Lipinski definition) is 2. The zero-order valence-corrected chi connectivity index (χ0v) is 17.2. The maximum Gasteiger partial charge on any atom is 0.191 e. The van der Waals surface area contributed by atoms with Gasteiger partial charge in [-0.3, -0.25) is 0 Å². The zero-order valence-electron chi connectivity index (χ0n) is 17.2. The number of nitrogens with one attached hydrogen (secondary N) is 2. The number of rotatable bonds is 8. The molecule has 7 nitrogen and oxygen atoms in total. The van der Waals surface area contributed by atoms with Gasteiger partial charge in [-0.05, 0) is 56.2 Å². The average Bonchev–Trinajstić information content (AvgIpc) is 3.27. The van der Waals surface area contributed by atoms with E-state index in [2.05, 4.69) is 52.8 Å². The average molecular weight is 393 g/mol.